The summed E-state index contributed by atoms with van der Waals surface area (Å²) in [6.45, 7) is 28.8. The van der Waals surface area contributed by atoms with E-state index in [1.165, 1.54) is 35.4 Å². The minimum absolute atomic E-state index is 0.354. The van der Waals surface area contributed by atoms with Crippen LogP contribution in [0.1, 0.15) is 91.7 Å². The van der Waals surface area contributed by atoms with E-state index >= 15 is 0 Å². The van der Waals surface area contributed by atoms with Crippen LogP contribution in [0.15, 0.2) is 146 Å². The molecule has 83 heavy (non-hydrogen) atoms. The van der Waals surface area contributed by atoms with E-state index in [1.807, 2.05) is 104 Å². The number of hydrogen-bond acceptors (Lipinski definition) is 10. The van der Waals surface area contributed by atoms with E-state index < -0.39 is 0 Å². The van der Waals surface area contributed by atoms with Crippen molar-refractivity contribution in [3.05, 3.63) is 224 Å². The summed E-state index contributed by atoms with van der Waals surface area (Å²) < 4.78 is 39.1. The number of amides is 4. The first-order chi connectivity index (χ1) is 39.4. The molecule has 0 spiro atoms. The zero-order valence-corrected chi connectivity index (χ0v) is 49.3. The smallest absolute Gasteiger partial charge is 0.258 e. The summed E-state index contributed by atoms with van der Waals surface area (Å²) in [6.07, 6.45) is 5.05. The number of imide groups is 2. The van der Waals surface area contributed by atoms with Crippen LogP contribution in [-0.4, -0.2) is 23.6 Å². The number of aryl methyl sites for hydroxylation is 12. The fraction of sp³-hybridized carbons (Fsp3) is 0.211. The number of ether oxygens (including phenoxy) is 6. The molecule has 10 rings (SSSR count). The van der Waals surface area contributed by atoms with Gasteiger partial charge in [-0.05, 0) is 258 Å². The largest absolute Gasteiger partial charge is 0.457 e. The Morgan fingerprint density at radius 3 is 0.651 bits per heavy atom. The van der Waals surface area contributed by atoms with E-state index in [9.17, 15) is 19.2 Å². The molecule has 0 aliphatic carbocycles. The van der Waals surface area contributed by atoms with Gasteiger partial charge in [-0.1, -0.05) is 38.1 Å². The van der Waals surface area contributed by atoms with E-state index in [0.29, 0.717) is 45.9 Å². The summed E-state index contributed by atoms with van der Waals surface area (Å²) in [5.74, 6) is 6.99. The van der Waals surface area contributed by atoms with Crippen LogP contribution >= 0.6 is 0 Å². The highest BCUT2D eigenvalue weighted by molar-refractivity contribution is 6.28. The van der Waals surface area contributed by atoms with E-state index in [4.69, 9.17) is 28.4 Å². The van der Waals surface area contributed by atoms with Gasteiger partial charge in [-0.3, -0.25) is 19.2 Å². The van der Waals surface area contributed by atoms with E-state index in [-0.39, 0.29) is 29.0 Å². The number of rotatable bonds is 16. The molecule has 12 nitrogen and oxygen atoms in total. The van der Waals surface area contributed by atoms with Gasteiger partial charge >= 0.3 is 0 Å². The first-order valence-corrected chi connectivity index (χ1v) is 27.5. The molecule has 2 aliphatic heterocycles. The van der Waals surface area contributed by atoms with Crippen molar-refractivity contribution >= 4 is 35.0 Å². The number of hydrogen-bond donors (Lipinski definition) is 0. The van der Waals surface area contributed by atoms with Crippen molar-refractivity contribution in [3.8, 4) is 69.0 Å². The topological polar surface area (TPSA) is 130 Å². The molecular formula is C71H66N2O10. The van der Waals surface area contributed by atoms with E-state index in [2.05, 4.69) is 65.8 Å². The minimum atomic E-state index is -0.369. The van der Waals surface area contributed by atoms with Gasteiger partial charge in [-0.15, -0.1) is 0 Å². The zero-order chi connectivity index (χ0) is 59.3. The molecule has 4 amide bonds. The Morgan fingerprint density at radius 1 is 0.265 bits per heavy atom. The molecule has 0 N–H and O–H groups in total. The van der Waals surface area contributed by atoms with Crippen molar-refractivity contribution < 1.29 is 47.6 Å². The summed E-state index contributed by atoms with van der Waals surface area (Å²) in [5, 5.41) is 0. The van der Waals surface area contributed by atoms with Crippen LogP contribution in [0.4, 0.5) is 11.4 Å². The lowest BCUT2D eigenvalue weighted by molar-refractivity contribution is -0.121. The molecule has 2 heterocycles. The average molecular weight is 1110 g/mol. The highest BCUT2D eigenvalue weighted by Crippen LogP contribution is 2.44. The SMILES string of the molecule is Cc1cc(Oc2c(C)cc(Oc3c(C)cc(C(C)(C)c4cc(C)c(Oc5cc(C)c(Oc6cc(C)c(Oc7ccc(N8C(=O)C=CC8=O)cc7)c(C)c6)c(C)c5)c(C)c4)cc3C)cc2C)cc(C)c1Oc1ccc(N2C(=O)C=CC2=O)cc1. The van der Waals surface area contributed by atoms with Gasteiger partial charge in [0.25, 0.3) is 23.6 Å². The summed E-state index contributed by atoms with van der Waals surface area (Å²) in [4.78, 5) is 50.8. The normalized spacial score (nSPS) is 13.1. The number of carbonyl (C=O) groups excluding carboxylic acids is 4. The van der Waals surface area contributed by atoms with E-state index in [0.717, 1.165) is 111 Å². The third-order valence-corrected chi connectivity index (χ3v) is 15.2. The number of benzene rings is 8. The molecule has 8 aromatic rings. The summed E-state index contributed by atoms with van der Waals surface area (Å²) in [6, 6.07) is 38.5. The monoisotopic (exact) mass is 1110 g/mol. The Balaban J connectivity index is 0.781. The van der Waals surface area contributed by atoms with Crippen molar-refractivity contribution in [2.24, 2.45) is 0 Å². The molecule has 12 heteroatoms. The maximum absolute atomic E-state index is 12.1. The van der Waals surface area contributed by atoms with Crippen LogP contribution in [0.3, 0.4) is 0 Å². The molecule has 8 aromatic carbocycles. The molecule has 0 bridgehead atoms. The fourth-order valence-electron chi connectivity index (χ4n) is 11.0. The van der Waals surface area contributed by atoms with Gasteiger partial charge in [0.15, 0.2) is 0 Å². The molecule has 0 radical (unpaired) electrons. The molecule has 0 fully saturated rings. The van der Waals surface area contributed by atoms with Crippen molar-refractivity contribution in [1.29, 1.82) is 0 Å². The Kier molecular flexibility index (Phi) is 15.2. The summed E-state index contributed by atoms with van der Waals surface area (Å²) >= 11 is 0. The van der Waals surface area contributed by atoms with Crippen LogP contribution in [0.2, 0.25) is 0 Å². The average Bonchev–Trinajstić information content (AvgIpc) is 4.15. The zero-order valence-electron chi connectivity index (χ0n) is 49.3. The lowest BCUT2D eigenvalue weighted by Crippen LogP contribution is -2.29. The van der Waals surface area contributed by atoms with Crippen molar-refractivity contribution in [1.82, 2.24) is 0 Å². The minimum Gasteiger partial charge on any atom is -0.457 e. The van der Waals surface area contributed by atoms with Gasteiger partial charge in [0.05, 0.1) is 11.4 Å². The van der Waals surface area contributed by atoms with Crippen LogP contribution in [0.25, 0.3) is 0 Å². The van der Waals surface area contributed by atoms with Gasteiger partial charge in [0.1, 0.15) is 69.0 Å². The quantitative estimate of drug-likeness (QED) is 0.0862. The van der Waals surface area contributed by atoms with Crippen molar-refractivity contribution in [2.45, 2.75) is 102 Å². The first kappa shape index (κ1) is 56.6. The molecule has 2 aliphatic rings. The predicted octanol–water partition coefficient (Wildman–Crippen LogP) is 17.3. The second-order valence-electron chi connectivity index (χ2n) is 22.3. The molecule has 0 unspecified atom stereocenters. The van der Waals surface area contributed by atoms with Gasteiger partial charge in [0.2, 0.25) is 0 Å². The molecule has 0 aromatic heterocycles. The molecule has 0 saturated carbocycles. The second kappa shape index (κ2) is 22.3. The molecular weight excluding hydrogens is 1040 g/mol. The van der Waals surface area contributed by atoms with Gasteiger partial charge in [0, 0.05) is 29.7 Å². The molecule has 0 atom stereocenters. The number of anilines is 2. The van der Waals surface area contributed by atoms with Crippen LogP contribution in [0.5, 0.6) is 69.0 Å². The van der Waals surface area contributed by atoms with Gasteiger partial charge < -0.3 is 28.4 Å². The standard InChI is InChI=1S/C71H66N2O10/c1-39-27-51(28-40(2)65(39)80-57-35-47(9)69(48(10)36-57)82-59-31-43(5)67(44(6)32-59)78-55-19-15-53(16-20-55)72-61(74)23-24-62(72)75)71(13,14)52-29-41(3)66(42(4)30-52)81-58-37-49(11)70(50(12)38-58)83-60-33-45(7)68(46(8)34-60)79-56-21-17-54(18-22-56)73-63(76)25-26-64(73)77/h15-38H,1-14H3. The Bertz CT molecular complexity index is 3620. The van der Waals surface area contributed by atoms with Gasteiger partial charge in [-0.25, -0.2) is 9.80 Å². The van der Waals surface area contributed by atoms with Crippen LogP contribution in [0, 0.1) is 83.1 Å². The van der Waals surface area contributed by atoms with Crippen molar-refractivity contribution in [3.63, 3.8) is 0 Å². The lowest BCUT2D eigenvalue weighted by atomic mass is 9.76. The predicted molar refractivity (Wildman–Crippen MR) is 324 cm³/mol. The molecule has 420 valence electrons. The Hall–Kier alpha value is -9.68. The van der Waals surface area contributed by atoms with Crippen LogP contribution < -0.4 is 38.2 Å². The third kappa shape index (κ3) is 11.5. The maximum atomic E-state index is 12.1. The first-order valence-electron chi connectivity index (χ1n) is 27.5. The maximum Gasteiger partial charge on any atom is 0.258 e. The highest BCUT2D eigenvalue weighted by atomic mass is 16.5. The highest BCUT2D eigenvalue weighted by Gasteiger charge is 2.29. The Morgan fingerprint density at radius 2 is 0.446 bits per heavy atom. The van der Waals surface area contributed by atoms with Crippen molar-refractivity contribution in [2.75, 3.05) is 9.80 Å². The van der Waals surface area contributed by atoms with E-state index in [1.54, 1.807) is 48.5 Å². The summed E-state index contributed by atoms with van der Waals surface area (Å²) in [7, 11) is 0. The number of carbonyl (C=O) groups is 4. The van der Waals surface area contributed by atoms with Gasteiger partial charge in [-0.2, -0.15) is 0 Å². The number of nitrogens with zero attached hydrogens (tertiary/aromatic N) is 2. The fourth-order valence-corrected chi connectivity index (χ4v) is 11.0. The molecule has 0 saturated heterocycles. The van der Waals surface area contributed by atoms with Crippen LogP contribution in [-0.2, 0) is 24.6 Å². The lowest BCUT2D eigenvalue weighted by Gasteiger charge is -2.29. The third-order valence-electron chi connectivity index (χ3n) is 15.2. The Labute approximate surface area is 485 Å². The summed E-state index contributed by atoms with van der Waals surface area (Å²) in [5.41, 5.74) is 14.3. The second-order valence-corrected chi connectivity index (χ2v) is 22.3.